The Labute approximate surface area is 147 Å². The Kier molecular flexibility index (Phi) is 4.46. The van der Waals surface area contributed by atoms with Gasteiger partial charge in [0.2, 0.25) is 0 Å². The summed E-state index contributed by atoms with van der Waals surface area (Å²) in [5.41, 5.74) is 3.71. The van der Waals surface area contributed by atoms with Crippen LogP contribution in [0.25, 0.3) is 5.57 Å². The molecule has 0 aromatic heterocycles. The lowest BCUT2D eigenvalue weighted by Crippen LogP contribution is -2.19. The smallest absolute Gasteiger partial charge is 0.256 e. The third-order valence-corrected chi connectivity index (χ3v) is 5.01. The molecule has 0 bridgehead atoms. The maximum absolute atomic E-state index is 13.4. The number of rotatable bonds is 3. The Morgan fingerprint density at radius 2 is 2.08 bits per heavy atom. The lowest BCUT2D eigenvalue weighted by atomic mass is 9.72. The van der Waals surface area contributed by atoms with Crippen LogP contribution in [0.2, 0.25) is 0 Å². The molecule has 3 nitrogen and oxygen atoms in total. The van der Waals surface area contributed by atoms with Gasteiger partial charge in [-0.1, -0.05) is 25.5 Å². The molecule has 1 aliphatic carbocycles. The third kappa shape index (κ3) is 3.48. The van der Waals surface area contributed by atoms with Crippen molar-refractivity contribution in [2.75, 3.05) is 5.32 Å². The fourth-order valence-corrected chi connectivity index (χ4v) is 3.67. The van der Waals surface area contributed by atoms with Gasteiger partial charge in [-0.25, -0.2) is 4.39 Å². The zero-order valence-corrected chi connectivity index (χ0v) is 14.8. The van der Waals surface area contributed by atoms with E-state index < -0.39 is 5.82 Å². The second kappa shape index (κ2) is 6.43. The van der Waals surface area contributed by atoms with Crippen LogP contribution in [0.1, 0.15) is 45.6 Å². The van der Waals surface area contributed by atoms with Crippen LogP contribution < -0.4 is 5.32 Å². The highest BCUT2D eigenvalue weighted by atomic mass is 19.1. The van der Waals surface area contributed by atoms with Gasteiger partial charge in [0.15, 0.2) is 5.78 Å². The first kappa shape index (κ1) is 17.3. The van der Waals surface area contributed by atoms with Crippen molar-refractivity contribution < 1.29 is 14.0 Å². The number of halogens is 1. The van der Waals surface area contributed by atoms with E-state index in [2.05, 4.69) is 26.1 Å². The number of amides is 1. The highest BCUT2D eigenvalue weighted by Crippen LogP contribution is 2.40. The number of ketones is 1. The van der Waals surface area contributed by atoms with Crippen LogP contribution >= 0.6 is 0 Å². The first-order valence-corrected chi connectivity index (χ1v) is 8.53. The standard InChI is InChI=1S/C21H22FNO2/c1-13-5-4-10-21(2,3)18(13)8-7-15(24)12-17-16-11-14(22)6-9-19(16)23-20(17)25/h6-9,11-12H,4-5,10H2,1-3H3,(H,23,25)/b8-7+,17-12+. The van der Waals surface area contributed by atoms with Crippen LogP contribution in [0.4, 0.5) is 10.1 Å². The summed E-state index contributed by atoms with van der Waals surface area (Å²) >= 11 is 0. The number of benzene rings is 1. The van der Waals surface area contributed by atoms with E-state index in [0.717, 1.165) is 19.3 Å². The summed E-state index contributed by atoms with van der Waals surface area (Å²) in [5, 5.41) is 2.65. The molecule has 0 unspecified atom stereocenters. The molecule has 1 aliphatic heterocycles. The van der Waals surface area contributed by atoms with Gasteiger partial charge in [0.25, 0.3) is 5.91 Å². The van der Waals surface area contributed by atoms with Gasteiger partial charge in [-0.2, -0.15) is 0 Å². The number of carbonyl (C=O) groups is 2. The molecule has 25 heavy (non-hydrogen) atoms. The fraction of sp³-hybridized carbons (Fsp3) is 0.333. The second-order valence-electron chi connectivity index (χ2n) is 7.37. The monoisotopic (exact) mass is 339 g/mol. The Morgan fingerprint density at radius 3 is 2.80 bits per heavy atom. The second-order valence-corrected chi connectivity index (χ2v) is 7.37. The summed E-state index contributed by atoms with van der Waals surface area (Å²) in [7, 11) is 0. The highest BCUT2D eigenvalue weighted by molar-refractivity contribution is 6.34. The average molecular weight is 339 g/mol. The van der Waals surface area contributed by atoms with Crippen molar-refractivity contribution in [3.8, 4) is 0 Å². The summed E-state index contributed by atoms with van der Waals surface area (Å²) in [6.45, 7) is 6.47. The van der Waals surface area contributed by atoms with E-state index in [0.29, 0.717) is 11.3 Å². The molecule has 4 heteroatoms. The molecule has 0 saturated carbocycles. The molecule has 1 N–H and O–H groups in total. The number of carbonyl (C=O) groups excluding carboxylic acids is 2. The van der Waals surface area contributed by atoms with Gasteiger partial charge in [-0.3, -0.25) is 9.59 Å². The van der Waals surface area contributed by atoms with Crippen LogP contribution in [0.15, 0.2) is 47.6 Å². The van der Waals surface area contributed by atoms with Gasteiger partial charge in [0.1, 0.15) is 5.82 Å². The average Bonchev–Trinajstić information content (AvgIpc) is 2.82. The van der Waals surface area contributed by atoms with Crippen molar-refractivity contribution in [1.29, 1.82) is 0 Å². The van der Waals surface area contributed by atoms with E-state index in [4.69, 9.17) is 0 Å². The minimum absolute atomic E-state index is 0.0483. The van der Waals surface area contributed by atoms with Crippen molar-refractivity contribution in [3.63, 3.8) is 0 Å². The topological polar surface area (TPSA) is 46.2 Å². The van der Waals surface area contributed by atoms with Crippen molar-refractivity contribution in [1.82, 2.24) is 0 Å². The van der Waals surface area contributed by atoms with Crippen LogP contribution in [-0.4, -0.2) is 11.7 Å². The van der Waals surface area contributed by atoms with E-state index in [1.165, 1.54) is 41.5 Å². The largest absolute Gasteiger partial charge is 0.321 e. The Hall–Kier alpha value is -2.49. The molecule has 1 amide bonds. The molecule has 130 valence electrons. The normalized spacial score (nSPS) is 21.0. The summed E-state index contributed by atoms with van der Waals surface area (Å²) in [6.07, 6.45) is 7.96. The van der Waals surface area contributed by atoms with Crippen molar-refractivity contribution in [3.05, 3.63) is 59.0 Å². The summed E-state index contributed by atoms with van der Waals surface area (Å²) in [4.78, 5) is 24.4. The predicted octanol–water partition coefficient (Wildman–Crippen LogP) is 4.81. The van der Waals surface area contributed by atoms with Crippen molar-refractivity contribution >= 4 is 23.0 Å². The van der Waals surface area contributed by atoms with Crippen LogP contribution in [0.5, 0.6) is 0 Å². The molecule has 0 spiro atoms. The number of fused-ring (bicyclic) bond motifs is 1. The van der Waals surface area contributed by atoms with E-state index in [1.807, 2.05) is 6.08 Å². The number of allylic oxidation sites excluding steroid dienone is 5. The number of hydrogen-bond acceptors (Lipinski definition) is 2. The van der Waals surface area contributed by atoms with Crippen molar-refractivity contribution in [2.24, 2.45) is 5.41 Å². The Morgan fingerprint density at radius 1 is 1.32 bits per heavy atom. The number of hydrogen-bond donors (Lipinski definition) is 1. The van der Waals surface area contributed by atoms with Crippen LogP contribution in [0.3, 0.4) is 0 Å². The quantitative estimate of drug-likeness (QED) is 0.803. The van der Waals surface area contributed by atoms with Crippen LogP contribution in [-0.2, 0) is 9.59 Å². The van der Waals surface area contributed by atoms with Gasteiger partial charge in [0.05, 0.1) is 5.57 Å². The third-order valence-electron chi connectivity index (χ3n) is 5.01. The van der Waals surface area contributed by atoms with Gasteiger partial charge >= 0.3 is 0 Å². The minimum Gasteiger partial charge on any atom is -0.321 e. The Balaban J connectivity index is 1.87. The molecular formula is C21H22FNO2. The molecule has 0 fully saturated rings. The predicted molar refractivity (Wildman–Crippen MR) is 97.5 cm³/mol. The Bertz CT molecular complexity index is 843. The number of anilines is 1. The van der Waals surface area contributed by atoms with Gasteiger partial charge in [0, 0.05) is 11.3 Å². The SMILES string of the molecule is CC1=C(/C=C/C(=O)/C=C2/C(=O)Nc3ccc(F)cc32)C(C)(C)CCC1. The maximum atomic E-state index is 13.4. The van der Waals surface area contributed by atoms with Crippen LogP contribution in [0, 0.1) is 11.2 Å². The molecule has 0 atom stereocenters. The van der Waals surface area contributed by atoms with E-state index in [1.54, 1.807) is 0 Å². The summed E-state index contributed by atoms with van der Waals surface area (Å²) < 4.78 is 13.4. The lowest BCUT2D eigenvalue weighted by molar-refractivity contribution is -0.112. The van der Waals surface area contributed by atoms with E-state index in [9.17, 15) is 14.0 Å². The first-order valence-electron chi connectivity index (χ1n) is 8.53. The number of nitrogens with one attached hydrogen (secondary N) is 1. The molecule has 3 rings (SSSR count). The van der Waals surface area contributed by atoms with Gasteiger partial charge in [-0.05, 0) is 67.5 Å². The zero-order valence-electron chi connectivity index (χ0n) is 14.8. The summed E-state index contributed by atoms with van der Waals surface area (Å²) in [5.74, 6) is -1.09. The zero-order chi connectivity index (χ0) is 18.2. The molecule has 1 aromatic carbocycles. The molecule has 1 aromatic rings. The molecular weight excluding hydrogens is 317 g/mol. The minimum atomic E-state index is -0.436. The summed E-state index contributed by atoms with van der Waals surface area (Å²) in [6, 6.07) is 4.06. The van der Waals surface area contributed by atoms with Gasteiger partial charge < -0.3 is 5.32 Å². The molecule has 2 aliphatic rings. The van der Waals surface area contributed by atoms with E-state index in [-0.39, 0.29) is 22.7 Å². The lowest BCUT2D eigenvalue weighted by Gasteiger charge is -2.32. The maximum Gasteiger partial charge on any atom is 0.256 e. The van der Waals surface area contributed by atoms with Gasteiger partial charge in [-0.15, -0.1) is 0 Å². The fourth-order valence-electron chi connectivity index (χ4n) is 3.67. The molecule has 0 saturated heterocycles. The highest BCUT2D eigenvalue weighted by Gasteiger charge is 2.27. The van der Waals surface area contributed by atoms with Crippen molar-refractivity contribution in [2.45, 2.75) is 40.0 Å². The molecule has 0 radical (unpaired) electrons. The van der Waals surface area contributed by atoms with E-state index >= 15 is 0 Å². The first-order chi connectivity index (χ1) is 11.8. The molecule has 1 heterocycles.